The third-order valence-electron chi connectivity index (χ3n) is 6.52. The van der Waals surface area contributed by atoms with Crippen molar-refractivity contribution in [2.45, 2.75) is 43.1 Å². The van der Waals surface area contributed by atoms with Crippen molar-refractivity contribution in [3.05, 3.63) is 59.7 Å². The number of ether oxygens (including phenoxy) is 1. The van der Waals surface area contributed by atoms with E-state index in [9.17, 15) is 37.8 Å². The number of hydrogen-bond acceptors (Lipinski definition) is 5. The molecule has 0 radical (unpaired) electrons. The Kier molecular flexibility index (Phi) is 6.22. The van der Waals surface area contributed by atoms with E-state index >= 15 is 0 Å². The minimum absolute atomic E-state index is 0.276. The number of likely N-dealkylation sites (tertiary alicyclic amines) is 1. The van der Waals surface area contributed by atoms with Gasteiger partial charge in [0.25, 0.3) is 5.91 Å². The molecule has 1 aliphatic heterocycles. The van der Waals surface area contributed by atoms with Gasteiger partial charge in [-0.15, -0.1) is 0 Å². The highest BCUT2D eigenvalue weighted by Gasteiger charge is 2.61. The highest BCUT2D eigenvalue weighted by Crippen LogP contribution is 2.44. The Morgan fingerprint density at radius 1 is 1.06 bits per heavy atom. The maximum Gasteiger partial charge on any atom is 0.420 e. The number of nitrogens with one attached hydrogen (secondary N) is 1. The molecule has 3 atom stereocenters. The Morgan fingerprint density at radius 2 is 1.60 bits per heavy atom. The standard InChI is InChI=1S/C24H23F3N2O6/c1-23(24(25,26)27,21(33)29-11-13(30)10-19(29)20(31)32)28-22(34)35-12-18-16-8-4-2-6-14(16)15-7-3-5-9-17(15)18/h2-9,13,18-19,30H,10-12H2,1H3,(H,28,34)(H,31,32)/t13?,19-,23?/m0/s1. The number of benzene rings is 2. The highest BCUT2D eigenvalue weighted by molar-refractivity contribution is 5.93. The van der Waals surface area contributed by atoms with Crippen LogP contribution in [0.3, 0.4) is 0 Å². The van der Waals surface area contributed by atoms with E-state index in [0.717, 1.165) is 22.3 Å². The first-order valence-corrected chi connectivity index (χ1v) is 10.9. The molecular weight excluding hydrogens is 469 g/mol. The number of carboxylic acid groups (broad SMARTS) is 1. The summed E-state index contributed by atoms with van der Waals surface area (Å²) in [5.41, 5.74) is 0.102. The summed E-state index contributed by atoms with van der Waals surface area (Å²) in [7, 11) is 0. The molecule has 2 amide bonds. The van der Waals surface area contributed by atoms with Gasteiger partial charge in [-0.3, -0.25) is 10.1 Å². The van der Waals surface area contributed by atoms with Crippen LogP contribution in [-0.2, 0) is 14.3 Å². The van der Waals surface area contributed by atoms with Gasteiger partial charge in [-0.1, -0.05) is 48.5 Å². The number of amides is 2. The van der Waals surface area contributed by atoms with E-state index in [1.54, 1.807) is 17.4 Å². The minimum atomic E-state index is -5.27. The number of alkyl halides is 3. The summed E-state index contributed by atoms with van der Waals surface area (Å²) in [6.45, 7) is -0.434. The highest BCUT2D eigenvalue weighted by atomic mass is 19.4. The quantitative estimate of drug-likeness (QED) is 0.591. The van der Waals surface area contributed by atoms with Gasteiger partial charge < -0.3 is 19.8 Å². The van der Waals surface area contributed by atoms with Gasteiger partial charge in [0.05, 0.1) is 6.10 Å². The van der Waals surface area contributed by atoms with Crippen LogP contribution < -0.4 is 5.32 Å². The van der Waals surface area contributed by atoms with Gasteiger partial charge >= 0.3 is 18.2 Å². The molecule has 3 N–H and O–H groups in total. The van der Waals surface area contributed by atoms with E-state index in [4.69, 9.17) is 4.74 Å². The van der Waals surface area contributed by atoms with Crippen LogP contribution in [0.2, 0.25) is 0 Å². The number of carboxylic acids is 1. The lowest BCUT2D eigenvalue weighted by molar-refractivity contribution is -0.201. The van der Waals surface area contributed by atoms with Crippen LogP contribution in [-0.4, -0.2) is 70.1 Å². The number of fused-ring (bicyclic) bond motifs is 3. The fourth-order valence-electron chi connectivity index (χ4n) is 4.64. The van der Waals surface area contributed by atoms with E-state index in [1.807, 2.05) is 36.4 Å². The van der Waals surface area contributed by atoms with Crippen LogP contribution in [0, 0.1) is 0 Å². The number of nitrogens with zero attached hydrogens (tertiary/aromatic N) is 1. The first kappa shape index (κ1) is 24.5. The largest absolute Gasteiger partial charge is 0.480 e. The van der Waals surface area contributed by atoms with E-state index in [0.29, 0.717) is 11.8 Å². The molecule has 35 heavy (non-hydrogen) atoms. The summed E-state index contributed by atoms with van der Waals surface area (Å²) in [6.07, 6.45) is -8.47. The van der Waals surface area contributed by atoms with Gasteiger partial charge in [-0.25, -0.2) is 9.59 Å². The van der Waals surface area contributed by atoms with Crippen LogP contribution >= 0.6 is 0 Å². The monoisotopic (exact) mass is 492 g/mol. The van der Waals surface area contributed by atoms with Gasteiger partial charge in [0.2, 0.25) is 5.54 Å². The molecule has 1 fully saturated rings. The molecule has 0 aromatic heterocycles. The number of rotatable bonds is 5. The second kappa shape index (κ2) is 8.88. The number of halogens is 3. The lowest BCUT2D eigenvalue weighted by atomic mass is 9.98. The topological polar surface area (TPSA) is 116 Å². The van der Waals surface area contributed by atoms with Crippen LogP contribution in [0.25, 0.3) is 11.1 Å². The number of aliphatic hydroxyl groups excluding tert-OH is 1. The Labute approximate surface area is 198 Å². The van der Waals surface area contributed by atoms with E-state index < -0.39 is 60.7 Å². The molecule has 2 aromatic carbocycles. The minimum Gasteiger partial charge on any atom is -0.480 e. The lowest BCUT2D eigenvalue weighted by Crippen LogP contribution is -2.67. The Morgan fingerprint density at radius 3 is 2.11 bits per heavy atom. The SMILES string of the molecule is CC(NC(=O)OCC1c2ccccc2-c2ccccc21)(C(=O)N1CC(O)C[C@H]1C(=O)O)C(F)(F)F. The second-order valence-corrected chi connectivity index (χ2v) is 8.77. The Hall–Kier alpha value is -3.60. The normalized spacial score (nSPS) is 21.1. The molecule has 11 heteroatoms. The van der Waals surface area contributed by atoms with Gasteiger partial charge in [-0.2, -0.15) is 13.2 Å². The maximum absolute atomic E-state index is 14.0. The molecule has 8 nitrogen and oxygen atoms in total. The number of β-amino-alcohol motifs (C(OH)–C–C–N with tert-alkyl or cyclic N) is 1. The summed E-state index contributed by atoms with van der Waals surface area (Å²) >= 11 is 0. The number of hydrogen-bond donors (Lipinski definition) is 3. The molecule has 2 aliphatic rings. The summed E-state index contributed by atoms with van der Waals surface area (Å²) in [4.78, 5) is 37.2. The molecule has 1 saturated heterocycles. The summed E-state index contributed by atoms with van der Waals surface area (Å²) in [5, 5.41) is 20.6. The van der Waals surface area contributed by atoms with Crippen molar-refractivity contribution >= 4 is 18.0 Å². The fraction of sp³-hybridized carbons (Fsp3) is 0.375. The zero-order valence-electron chi connectivity index (χ0n) is 18.6. The van der Waals surface area contributed by atoms with Crippen molar-refractivity contribution in [1.82, 2.24) is 10.2 Å². The van der Waals surface area contributed by atoms with Gasteiger partial charge in [-0.05, 0) is 29.2 Å². The predicted molar refractivity (Wildman–Crippen MR) is 116 cm³/mol. The average Bonchev–Trinajstić information content (AvgIpc) is 3.34. The van der Waals surface area contributed by atoms with Crippen molar-refractivity contribution in [3.63, 3.8) is 0 Å². The van der Waals surface area contributed by atoms with Crippen LogP contribution in [0.15, 0.2) is 48.5 Å². The molecule has 2 aromatic rings. The van der Waals surface area contributed by atoms with Gasteiger partial charge in [0.1, 0.15) is 12.6 Å². The van der Waals surface area contributed by atoms with Crippen molar-refractivity contribution < 1.29 is 42.5 Å². The summed E-state index contributed by atoms with van der Waals surface area (Å²) < 4.78 is 47.2. The number of aliphatic hydroxyl groups is 1. The molecule has 1 heterocycles. The predicted octanol–water partition coefficient (Wildman–Crippen LogP) is 2.89. The molecule has 0 saturated carbocycles. The zero-order valence-corrected chi connectivity index (χ0v) is 18.6. The molecular formula is C24H23F3N2O6. The summed E-state index contributed by atoms with van der Waals surface area (Å²) in [6, 6.07) is 13.2. The third kappa shape index (κ3) is 4.31. The number of carbonyl (C=O) groups is 3. The van der Waals surface area contributed by atoms with Gasteiger partial charge in [0.15, 0.2) is 0 Å². The van der Waals surface area contributed by atoms with Crippen molar-refractivity contribution in [1.29, 1.82) is 0 Å². The lowest BCUT2D eigenvalue weighted by Gasteiger charge is -2.35. The fourth-order valence-corrected chi connectivity index (χ4v) is 4.64. The van der Waals surface area contributed by atoms with E-state index in [1.165, 1.54) is 0 Å². The average molecular weight is 492 g/mol. The van der Waals surface area contributed by atoms with Crippen LogP contribution in [0.5, 0.6) is 0 Å². The smallest absolute Gasteiger partial charge is 0.420 e. The molecule has 4 rings (SSSR count). The first-order chi connectivity index (χ1) is 16.4. The van der Waals surface area contributed by atoms with Crippen molar-refractivity contribution in [2.75, 3.05) is 13.2 Å². The number of carbonyl (C=O) groups excluding carboxylic acids is 2. The van der Waals surface area contributed by atoms with Crippen molar-refractivity contribution in [2.24, 2.45) is 0 Å². The molecule has 0 spiro atoms. The summed E-state index contributed by atoms with van der Waals surface area (Å²) in [5.74, 6) is -3.66. The third-order valence-corrected chi connectivity index (χ3v) is 6.52. The zero-order chi connectivity index (χ0) is 25.5. The molecule has 186 valence electrons. The van der Waals surface area contributed by atoms with Crippen LogP contribution in [0.4, 0.5) is 18.0 Å². The first-order valence-electron chi connectivity index (χ1n) is 10.9. The van der Waals surface area contributed by atoms with Crippen LogP contribution in [0.1, 0.15) is 30.4 Å². The maximum atomic E-state index is 14.0. The molecule has 2 unspecified atom stereocenters. The molecule has 1 aliphatic carbocycles. The molecule has 0 bridgehead atoms. The second-order valence-electron chi connectivity index (χ2n) is 8.77. The van der Waals surface area contributed by atoms with Crippen molar-refractivity contribution in [3.8, 4) is 11.1 Å². The van der Waals surface area contributed by atoms with Gasteiger partial charge in [0, 0.05) is 18.9 Å². The Bertz CT molecular complexity index is 1120. The number of aliphatic carboxylic acids is 1. The Balaban J connectivity index is 1.52. The number of alkyl carbamates (subject to hydrolysis) is 1. The van der Waals surface area contributed by atoms with E-state index in [2.05, 4.69) is 0 Å². The van der Waals surface area contributed by atoms with E-state index in [-0.39, 0.29) is 6.61 Å².